The van der Waals surface area contributed by atoms with Crippen LogP contribution in [0.1, 0.15) is 29.0 Å². The molecule has 2 N–H and O–H groups in total. The molecule has 2 aliphatic heterocycles. The lowest BCUT2D eigenvalue weighted by atomic mass is 9.77. The van der Waals surface area contributed by atoms with Crippen molar-refractivity contribution >= 4 is 18.9 Å². The summed E-state index contributed by atoms with van der Waals surface area (Å²) in [7, 11) is 6.05. The fourth-order valence-electron chi connectivity index (χ4n) is 5.09. The molecule has 1 aromatic heterocycles. The smallest absolute Gasteiger partial charge is 0.290 e. The van der Waals surface area contributed by atoms with Crippen LogP contribution in [-0.4, -0.2) is 117 Å². The molecule has 1 amide bonds. The number of carboxylic acid groups (broad SMARTS) is 2. The van der Waals surface area contributed by atoms with Gasteiger partial charge in [0.1, 0.15) is 12.0 Å². The van der Waals surface area contributed by atoms with E-state index in [-0.39, 0.29) is 25.0 Å². The van der Waals surface area contributed by atoms with Gasteiger partial charge in [0.05, 0.1) is 31.4 Å². The zero-order valence-electron chi connectivity index (χ0n) is 20.2. The summed E-state index contributed by atoms with van der Waals surface area (Å²) in [6.07, 6.45) is 4.00. The fraction of sp³-hybridized carbons (Fsp3) is 0.696. The predicted molar refractivity (Wildman–Crippen MR) is 123 cm³/mol. The number of likely N-dealkylation sites (tertiary alicyclic amines) is 1. The maximum absolute atomic E-state index is 13.1. The maximum Gasteiger partial charge on any atom is 0.290 e. The molecule has 3 heterocycles. The number of likely N-dealkylation sites (N-methyl/N-ethyl adjacent to an activating group) is 1. The molecule has 1 aromatic rings. The summed E-state index contributed by atoms with van der Waals surface area (Å²) >= 11 is 0. The third kappa shape index (κ3) is 7.52. The maximum atomic E-state index is 13.1. The highest BCUT2D eigenvalue weighted by molar-refractivity contribution is 5.94. The normalized spacial score (nSPS) is 26.5. The molecule has 0 radical (unpaired) electrons. The SMILES string of the molecule is CO[C@@H]1C[C@H]2CN(C(=O)c3coc(CN4CCOCC4)c3)C[C@H]2C[C@H]1N(C)C.O=CO.O=CO. The highest BCUT2D eigenvalue weighted by Gasteiger charge is 2.44. The van der Waals surface area contributed by atoms with Gasteiger partial charge in [0, 0.05) is 39.3 Å². The fourth-order valence-corrected chi connectivity index (χ4v) is 5.09. The third-order valence-corrected chi connectivity index (χ3v) is 6.72. The van der Waals surface area contributed by atoms with Crippen molar-refractivity contribution in [2.45, 2.75) is 31.5 Å². The number of ether oxygens (including phenoxy) is 2. The molecule has 11 heteroatoms. The van der Waals surface area contributed by atoms with Crippen molar-refractivity contribution in [2.24, 2.45) is 11.8 Å². The van der Waals surface area contributed by atoms with Crippen molar-refractivity contribution in [1.82, 2.24) is 14.7 Å². The van der Waals surface area contributed by atoms with Crippen LogP contribution in [0.2, 0.25) is 0 Å². The van der Waals surface area contributed by atoms with E-state index in [4.69, 9.17) is 33.7 Å². The van der Waals surface area contributed by atoms with Crippen molar-refractivity contribution in [3.63, 3.8) is 0 Å². The largest absolute Gasteiger partial charge is 0.483 e. The number of rotatable bonds is 5. The minimum Gasteiger partial charge on any atom is -0.483 e. The quantitative estimate of drug-likeness (QED) is 0.583. The topological polar surface area (TPSA) is 133 Å². The van der Waals surface area contributed by atoms with Crippen molar-refractivity contribution in [2.75, 3.05) is 60.6 Å². The number of carbonyl (C=O) groups is 3. The third-order valence-electron chi connectivity index (χ3n) is 6.72. The van der Waals surface area contributed by atoms with Crippen LogP contribution in [-0.2, 0) is 25.6 Å². The van der Waals surface area contributed by atoms with E-state index in [9.17, 15) is 4.79 Å². The Balaban J connectivity index is 0.000000618. The molecule has 34 heavy (non-hydrogen) atoms. The second-order valence-electron chi connectivity index (χ2n) is 8.91. The first-order chi connectivity index (χ1) is 16.4. The Morgan fingerprint density at radius 3 is 2.29 bits per heavy atom. The summed E-state index contributed by atoms with van der Waals surface area (Å²) in [4.78, 5) is 36.4. The minimum absolute atomic E-state index is 0.0988. The molecule has 0 aromatic carbocycles. The number of morpholine rings is 1. The molecule has 4 atom stereocenters. The molecular weight excluding hydrogens is 446 g/mol. The Bertz CT molecular complexity index is 759. The molecule has 0 spiro atoms. The van der Waals surface area contributed by atoms with Crippen LogP contribution in [0.25, 0.3) is 0 Å². The van der Waals surface area contributed by atoms with Crippen LogP contribution < -0.4 is 0 Å². The van der Waals surface area contributed by atoms with Gasteiger partial charge in [-0.2, -0.15) is 0 Å². The van der Waals surface area contributed by atoms with Gasteiger partial charge < -0.3 is 33.9 Å². The van der Waals surface area contributed by atoms with Gasteiger partial charge in [-0.25, -0.2) is 0 Å². The highest BCUT2D eigenvalue weighted by atomic mass is 16.5. The van der Waals surface area contributed by atoms with E-state index in [2.05, 4.69) is 23.9 Å². The predicted octanol–water partition coefficient (Wildman–Crippen LogP) is 0.941. The Kier molecular flexibility index (Phi) is 11.5. The van der Waals surface area contributed by atoms with Gasteiger partial charge in [-0.3, -0.25) is 19.3 Å². The number of carbonyl (C=O) groups excluding carboxylic acids is 1. The van der Waals surface area contributed by atoms with E-state index in [1.165, 1.54) is 0 Å². The summed E-state index contributed by atoms with van der Waals surface area (Å²) in [5, 5.41) is 13.8. The van der Waals surface area contributed by atoms with Gasteiger partial charge in [0.25, 0.3) is 18.9 Å². The van der Waals surface area contributed by atoms with Gasteiger partial charge in [-0.1, -0.05) is 0 Å². The van der Waals surface area contributed by atoms with Crippen LogP contribution in [0.5, 0.6) is 0 Å². The Morgan fingerprint density at radius 1 is 1.15 bits per heavy atom. The summed E-state index contributed by atoms with van der Waals surface area (Å²) in [5.41, 5.74) is 0.675. The van der Waals surface area contributed by atoms with Crippen molar-refractivity contribution in [3.05, 3.63) is 23.7 Å². The molecule has 11 nitrogen and oxygen atoms in total. The van der Waals surface area contributed by atoms with E-state index in [1.54, 1.807) is 13.4 Å². The molecular formula is C23H37N3O8. The average molecular weight is 484 g/mol. The summed E-state index contributed by atoms with van der Waals surface area (Å²) in [6, 6.07) is 2.34. The number of hydrogen-bond donors (Lipinski definition) is 2. The lowest BCUT2D eigenvalue weighted by Gasteiger charge is -2.40. The first-order valence-corrected chi connectivity index (χ1v) is 11.4. The Hall–Kier alpha value is -2.47. The number of nitrogens with zero attached hydrogens (tertiary/aromatic N) is 3. The second kappa shape index (κ2) is 14.1. The molecule has 3 aliphatic rings. The van der Waals surface area contributed by atoms with Crippen molar-refractivity contribution < 1.29 is 38.5 Å². The number of fused-ring (bicyclic) bond motifs is 1. The second-order valence-corrected chi connectivity index (χ2v) is 8.91. The van der Waals surface area contributed by atoms with E-state index in [0.29, 0.717) is 23.4 Å². The number of furan rings is 1. The van der Waals surface area contributed by atoms with Gasteiger partial charge in [-0.05, 0) is 44.8 Å². The van der Waals surface area contributed by atoms with Crippen LogP contribution in [0.15, 0.2) is 16.7 Å². The van der Waals surface area contributed by atoms with E-state index < -0.39 is 0 Å². The molecule has 1 saturated carbocycles. The summed E-state index contributed by atoms with van der Waals surface area (Å²) < 4.78 is 16.8. The molecule has 1 aliphatic carbocycles. The number of hydrogen-bond acceptors (Lipinski definition) is 8. The summed E-state index contributed by atoms with van der Waals surface area (Å²) in [5.74, 6) is 2.04. The molecule has 0 bridgehead atoms. The monoisotopic (exact) mass is 483 g/mol. The zero-order valence-corrected chi connectivity index (χ0v) is 20.2. The molecule has 3 fully saturated rings. The van der Waals surface area contributed by atoms with Crippen LogP contribution in [0, 0.1) is 11.8 Å². The van der Waals surface area contributed by atoms with E-state index in [0.717, 1.165) is 64.5 Å². The zero-order chi connectivity index (χ0) is 25.1. The standard InChI is InChI=1S/C21H33N3O4.2CH2O2/c1-22(2)19-9-15-11-24(12-16(15)10-20(19)26-3)21(25)17-8-18(28-14-17)13-23-4-6-27-7-5-23;2*2-1-3/h8,14-16,19-20H,4-7,9-13H2,1-3H3;2*1H,(H,2,3)/t15-,16+,19-,20-;;/m1../s1. The summed E-state index contributed by atoms with van der Waals surface area (Å²) in [6.45, 7) is 5.25. The van der Waals surface area contributed by atoms with Crippen molar-refractivity contribution in [3.8, 4) is 0 Å². The molecule has 2 saturated heterocycles. The van der Waals surface area contributed by atoms with E-state index >= 15 is 0 Å². The average Bonchev–Trinajstić information content (AvgIpc) is 3.46. The van der Waals surface area contributed by atoms with E-state index in [1.807, 2.05) is 11.0 Å². The van der Waals surface area contributed by atoms with Gasteiger partial charge in [0.2, 0.25) is 0 Å². The minimum atomic E-state index is -0.250. The van der Waals surface area contributed by atoms with Crippen LogP contribution >= 0.6 is 0 Å². The molecule has 4 rings (SSSR count). The lowest BCUT2D eigenvalue weighted by Crippen LogP contribution is -2.47. The molecule has 192 valence electrons. The van der Waals surface area contributed by atoms with Gasteiger partial charge in [0.15, 0.2) is 0 Å². The Morgan fingerprint density at radius 2 is 1.74 bits per heavy atom. The Labute approximate surface area is 200 Å². The number of methoxy groups -OCH3 is 1. The van der Waals surface area contributed by atoms with Crippen LogP contribution in [0.4, 0.5) is 0 Å². The molecule has 0 unspecified atom stereocenters. The van der Waals surface area contributed by atoms with Gasteiger partial charge in [-0.15, -0.1) is 0 Å². The highest BCUT2D eigenvalue weighted by Crippen LogP contribution is 2.39. The first kappa shape index (κ1) is 27.8. The van der Waals surface area contributed by atoms with Crippen LogP contribution in [0.3, 0.4) is 0 Å². The first-order valence-electron chi connectivity index (χ1n) is 11.4. The number of amides is 1. The van der Waals surface area contributed by atoms with Crippen molar-refractivity contribution in [1.29, 1.82) is 0 Å². The van der Waals surface area contributed by atoms with Gasteiger partial charge >= 0.3 is 0 Å². The lowest BCUT2D eigenvalue weighted by molar-refractivity contribution is -0.123.